The molecule has 0 spiro atoms. The summed E-state index contributed by atoms with van der Waals surface area (Å²) in [4.78, 5) is 33.1. The van der Waals surface area contributed by atoms with Crippen molar-refractivity contribution >= 4 is 11.8 Å². The number of benzene rings is 2. The first-order valence-corrected chi connectivity index (χ1v) is 9.21. The molecular weight excluding hydrogens is 380 g/mol. The molecule has 0 unspecified atom stereocenters. The fourth-order valence-corrected chi connectivity index (χ4v) is 2.82. The number of amides is 2. The Balaban J connectivity index is 1.60. The normalized spacial score (nSPS) is 10.4. The van der Waals surface area contributed by atoms with E-state index in [9.17, 15) is 9.59 Å². The highest BCUT2D eigenvalue weighted by atomic mass is 16.2. The van der Waals surface area contributed by atoms with Crippen molar-refractivity contribution in [1.29, 1.82) is 0 Å². The maximum Gasteiger partial charge on any atom is 0.289 e. The zero-order chi connectivity index (χ0) is 20.9. The van der Waals surface area contributed by atoms with E-state index in [4.69, 9.17) is 0 Å². The lowest BCUT2D eigenvalue weighted by molar-refractivity contribution is 0.0844. The SMILES string of the molecule is Cc1cnc(C(=O)NNC(=O)c2cn(-c3ccccc3)nc2-c2ccccc2)cn1. The number of carbonyl (C=O) groups is 2. The number of hydrazine groups is 1. The molecule has 2 N–H and O–H groups in total. The minimum Gasteiger partial charge on any atom is -0.267 e. The highest BCUT2D eigenvalue weighted by molar-refractivity contribution is 6.01. The van der Waals surface area contributed by atoms with E-state index >= 15 is 0 Å². The van der Waals surface area contributed by atoms with Crippen molar-refractivity contribution in [2.24, 2.45) is 0 Å². The van der Waals surface area contributed by atoms with Gasteiger partial charge >= 0.3 is 0 Å². The van der Waals surface area contributed by atoms with Gasteiger partial charge in [0.25, 0.3) is 11.8 Å². The van der Waals surface area contributed by atoms with Crippen molar-refractivity contribution in [3.05, 3.63) is 96.2 Å². The average Bonchev–Trinajstić information content (AvgIpc) is 3.25. The molecule has 2 aromatic carbocycles. The van der Waals surface area contributed by atoms with Crippen LogP contribution in [0.25, 0.3) is 16.9 Å². The smallest absolute Gasteiger partial charge is 0.267 e. The number of hydrogen-bond donors (Lipinski definition) is 2. The Labute approximate surface area is 172 Å². The van der Waals surface area contributed by atoms with Crippen LogP contribution in [0.1, 0.15) is 26.5 Å². The van der Waals surface area contributed by atoms with Crippen LogP contribution >= 0.6 is 0 Å². The minimum absolute atomic E-state index is 0.101. The summed E-state index contributed by atoms with van der Waals surface area (Å²) >= 11 is 0. The standard InChI is InChI=1S/C22H18N6O2/c1-15-12-24-19(13-23-15)22(30)26-25-21(29)18-14-28(17-10-6-3-7-11-17)27-20(18)16-8-4-2-5-9-16/h2-14H,1H3,(H,25,29)(H,26,30). The van der Waals surface area contributed by atoms with Crippen LogP contribution in [0.4, 0.5) is 0 Å². The molecule has 2 amide bonds. The monoisotopic (exact) mass is 398 g/mol. The zero-order valence-corrected chi connectivity index (χ0v) is 16.1. The molecule has 4 aromatic rings. The van der Waals surface area contributed by atoms with E-state index in [1.807, 2.05) is 60.7 Å². The number of hydrogen-bond acceptors (Lipinski definition) is 5. The van der Waals surface area contributed by atoms with Crippen LogP contribution in [0.3, 0.4) is 0 Å². The minimum atomic E-state index is -0.562. The molecular formula is C22H18N6O2. The van der Waals surface area contributed by atoms with E-state index in [1.54, 1.807) is 17.8 Å². The Morgan fingerprint density at radius 3 is 2.17 bits per heavy atom. The van der Waals surface area contributed by atoms with Crippen molar-refractivity contribution in [2.75, 3.05) is 0 Å². The lowest BCUT2D eigenvalue weighted by Gasteiger charge is -2.07. The van der Waals surface area contributed by atoms with Gasteiger partial charge in [0.05, 0.1) is 23.1 Å². The summed E-state index contributed by atoms with van der Waals surface area (Å²) < 4.78 is 1.63. The first kappa shape index (κ1) is 19.0. The van der Waals surface area contributed by atoms with Gasteiger partial charge in [0, 0.05) is 18.0 Å². The fourth-order valence-electron chi connectivity index (χ4n) is 2.82. The van der Waals surface area contributed by atoms with E-state index in [0.29, 0.717) is 17.0 Å². The van der Waals surface area contributed by atoms with Gasteiger partial charge in [-0.05, 0) is 19.1 Å². The quantitative estimate of drug-likeness (QED) is 0.515. The fraction of sp³-hybridized carbons (Fsp3) is 0.0455. The summed E-state index contributed by atoms with van der Waals surface area (Å²) in [5, 5.41) is 4.59. The second-order valence-electron chi connectivity index (χ2n) is 6.49. The highest BCUT2D eigenvalue weighted by Gasteiger charge is 2.19. The number of para-hydroxylation sites is 1. The van der Waals surface area contributed by atoms with Gasteiger partial charge in [-0.2, -0.15) is 5.10 Å². The molecule has 0 aliphatic rings. The van der Waals surface area contributed by atoms with Crippen molar-refractivity contribution in [3.8, 4) is 16.9 Å². The Morgan fingerprint density at radius 1 is 0.833 bits per heavy atom. The number of nitrogens with zero attached hydrogens (tertiary/aromatic N) is 4. The third-order valence-electron chi connectivity index (χ3n) is 4.33. The Hall–Kier alpha value is -4.33. The van der Waals surface area contributed by atoms with Gasteiger partial charge in [0.2, 0.25) is 0 Å². The van der Waals surface area contributed by atoms with Gasteiger partial charge in [0.1, 0.15) is 11.4 Å². The van der Waals surface area contributed by atoms with E-state index in [2.05, 4.69) is 25.9 Å². The summed E-state index contributed by atoms with van der Waals surface area (Å²) in [5.41, 5.74) is 8.00. The van der Waals surface area contributed by atoms with E-state index < -0.39 is 11.8 Å². The molecule has 4 rings (SSSR count). The molecule has 0 atom stereocenters. The largest absolute Gasteiger partial charge is 0.289 e. The van der Waals surface area contributed by atoms with Gasteiger partial charge in [-0.25, -0.2) is 9.67 Å². The first-order valence-electron chi connectivity index (χ1n) is 9.21. The number of aromatic nitrogens is 4. The van der Waals surface area contributed by atoms with Crippen molar-refractivity contribution in [2.45, 2.75) is 6.92 Å². The van der Waals surface area contributed by atoms with Crippen molar-refractivity contribution in [1.82, 2.24) is 30.6 Å². The van der Waals surface area contributed by atoms with E-state index in [0.717, 1.165) is 11.3 Å². The van der Waals surface area contributed by atoms with Crippen LogP contribution < -0.4 is 10.9 Å². The molecule has 0 bridgehead atoms. The zero-order valence-electron chi connectivity index (χ0n) is 16.1. The summed E-state index contributed by atoms with van der Waals surface area (Å²) in [6.45, 7) is 1.77. The van der Waals surface area contributed by atoms with Crippen LogP contribution in [-0.2, 0) is 0 Å². The van der Waals surface area contributed by atoms with Gasteiger partial charge in [-0.3, -0.25) is 25.4 Å². The second-order valence-corrected chi connectivity index (χ2v) is 6.49. The molecule has 0 aliphatic heterocycles. The number of carbonyl (C=O) groups excluding carboxylic acids is 2. The Bertz CT molecular complexity index is 1170. The van der Waals surface area contributed by atoms with Crippen LogP contribution in [0, 0.1) is 6.92 Å². The maximum atomic E-state index is 12.9. The van der Waals surface area contributed by atoms with Gasteiger partial charge in [-0.1, -0.05) is 48.5 Å². The maximum absolute atomic E-state index is 12.9. The molecule has 0 fully saturated rings. The molecule has 0 saturated carbocycles. The molecule has 0 saturated heterocycles. The van der Waals surface area contributed by atoms with E-state index in [-0.39, 0.29) is 5.69 Å². The van der Waals surface area contributed by atoms with Crippen LogP contribution in [0.5, 0.6) is 0 Å². The lowest BCUT2D eigenvalue weighted by atomic mass is 10.1. The molecule has 0 aliphatic carbocycles. The highest BCUT2D eigenvalue weighted by Crippen LogP contribution is 2.23. The number of aryl methyl sites for hydroxylation is 1. The molecule has 2 heterocycles. The molecule has 0 radical (unpaired) electrons. The summed E-state index contributed by atoms with van der Waals surface area (Å²) in [5.74, 6) is -1.06. The van der Waals surface area contributed by atoms with Crippen LogP contribution in [0.2, 0.25) is 0 Å². The average molecular weight is 398 g/mol. The topological polar surface area (TPSA) is 102 Å². The van der Waals surface area contributed by atoms with Crippen LogP contribution in [0.15, 0.2) is 79.3 Å². The van der Waals surface area contributed by atoms with Crippen molar-refractivity contribution in [3.63, 3.8) is 0 Å². The Morgan fingerprint density at radius 2 is 1.50 bits per heavy atom. The van der Waals surface area contributed by atoms with Crippen LogP contribution in [-0.4, -0.2) is 31.6 Å². The van der Waals surface area contributed by atoms with E-state index in [1.165, 1.54) is 12.4 Å². The predicted octanol–water partition coefficient (Wildman–Crippen LogP) is 2.71. The molecule has 30 heavy (non-hydrogen) atoms. The predicted molar refractivity (Wildman–Crippen MR) is 111 cm³/mol. The summed E-state index contributed by atoms with van der Waals surface area (Å²) in [7, 11) is 0. The number of rotatable bonds is 4. The molecule has 8 nitrogen and oxygen atoms in total. The molecule has 2 aromatic heterocycles. The van der Waals surface area contributed by atoms with Gasteiger partial charge in [0.15, 0.2) is 0 Å². The third kappa shape index (κ3) is 4.07. The summed E-state index contributed by atoms with van der Waals surface area (Å²) in [6.07, 6.45) is 4.46. The summed E-state index contributed by atoms with van der Waals surface area (Å²) in [6, 6.07) is 18.8. The second kappa shape index (κ2) is 8.36. The van der Waals surface area contributed by atoms with Gasteiger partial charge < -0.3 is 0 Å². The Kier molecular flexibility index (Phi) is 5.29. The third-order valence-corrected chi connectivity index (χ3v) is 4.33. The van der Waals surface area contributed by atoms with Gasteiger partial charge in [-0.15, -0.1) is 0 Å². The molecule has 8 heteroatoms. The number of nitrogens with one attached hydrogen (secondary N) is 2. The first-order chi connectivity index (χ1) is 14.6. The van der Waals surface area contributed by atoms with Crippen molar-refractivity contribution < 1.29 is 9.59 Å². The lowest BCUT2D eigenvalue weighted by Crippen LogP contribution is -2.42. The molecule has 148 valence electrons.